The van der Waals surface area contributed by atoms with Crippen molar-refractivity contribution in [3.63, 3.8) is 0 Å². The van der Waals surface area contributed by atoms with Crippen LogP contribution in [0.5, 0.6) is 5.75 Å². The largest absolute Gasteiger partial charge is 0.489 e. The SMILES string of the molecule is CC1(C)O[C@@H]2[C@H](O1)[C@@H](COP(=O)(NC(=O)c1ccccc1)Oc1ccccc1)O[C@H]2n1cnc2c(NC(=O)c3ccccc3)ncnc21. The third-order valence-electron chi connectivity index (χ3n) is 7.68. The summed E-state index contributed by atoms with van der Waals surface area (Å²) in [7, 11) is -4.30. The number of imidazole rings is 1. The second-order valence-corrected chi connectivity index (χ2v) is 13.2. The van der Waals surface area contributed by atoms with Crippen molar-refractivity contribution in [2.24, 2.45) is 0 Å². The number of ether oxygens (including phenoxy) is 3. The molecule has 0 bridgehead atoms. The first-order chi connectivity index (χ1) is 23.2. The molecule has 4 heterocycles. The Labute approximate surface area is 275 Å². The predicted octanol–water partition coefficient (Wildman–Crippen LogP) is 5.13. The van der Waals surface area contributed by atoms with Gasteiger partial charge in [0.05, 0.1) is 12.9 Å². The average Bonchev–Trinajstić information content (AvgIpc) is 3.76. The van der Waals surface area contributed by atoms with Crippen molar-refractivity contribution in [3.05, 3.63) is 115 Å². The lowest BCUT2D eigenvalue weighted by atomic mass is 10.1. The van der Waals surface area contributed by atoms with Crippen LogP contribution < -0.4 is 14.9 Å². The predicted molar refractivity (Wildman–Crippen MR) is 172 cm³/mol. The fourth-order valence-electron chi connectivity index (χ4n) is 5.57. The minimum atomic E-state index is -4.30. The van der Waals surface area contributed by atoms with E-state index in [0.29, 0.717) is 16.7 Å². The Morgan fingerprint density at radius 1 is 0.854 bits per heavy atom. The highest BCUT2D eigenvalue weighted by molar-refractivity contribution is 7.52. The molecule has 15 heteroatoms. The number of fused-ring (bicyclic) bond motifs is 2. The number of carbonyl (C=O) groups is 2. The topological polar surface area (TPSA) is 165 Å². The van der Waals surface area contributed by atoms with Crippen LogP contribution in [0.1, 0.15) is 40.8 Å². The second kappa shape index (κ2) is 12.9. The van der Waals surface area contributed by atoms with E-state index in [-0.39, 0.29) is 29.6 Å². The van der Waals surface area contributed by atoms with Crippen molar-refractivity contribution in [2.75, 3.05) is 11.9 Å². The first kappa shape index (κ1) is 31.6. The third kappa shape index (κ3) is 6.57. The lowest BCUT2D eigenvalue weighted by Gasteiger charge is -2.26. The van der Waals surface area contributed by atoms with Gasteiger partial charge in [-0.25, -0.2) is 24.6 Å². The van der Waals surface area contributed by atoms with E-state index in [1.807, 2.05) is 6.07 Å². The van der Waals surface area contributed by atoms with E-state index in [1.54, 1.807) is 103 Å². The summed E-state index contributed by atoms with van der Waals surface area (Å²) in [5.74, 6) is -1.52. The highest BCUT2D eigenvalue weighted by Gasteiger charge is 2.56. The minimum Gasteiger partial charge on any atom is -0.409 e. The van der Waals surface area contributed by atoms with Gasteiger partial charge < -0.3 is 24.1 Å². The molecule has 2 amide bonds. The highest BCUT2D eigenvalue weighted by atomic mass is 31.2. The van der Waals surface area contributed by atoms with Crippen molar-refractivity contribution in [1.29, 1.82) is 0 Å². The number of rotatable bonds is 10. The quantitative estimate of drug-likeness (QED) is 0.189. The summed E-state index contributed by atoms with van der Waals surface area (Å²) in [5.41, 5.74) is 1.45. The number of benzene rings is 3. The lowest BCUT2D eigenvalue weighted by molar-refractivity contribution is -0.199. The number of nitrogens with one attached hydrogen (secondary N) is 2. The van der Waals surface area contributed by atoms with Crippen LogP contribution in [-0.2, 0) is 23.3 Å². The summed E-state index contributed by atoms with van der Waals surface area (Å²) in [6.45, 7) is 3.25. The van der Waals surface area contributed by atoms with Crippen molar-refractivity contribution in [1.82, 2.24) is 24.6 Å². The highest BCUT2D eigenvalue weighted by Crippen LogP contribution is 2.48. The molecule has 2 saturated heterocycles. The van der Waals surface area contributed by atoms with Gasteiger partial charge in [0.15, 0.2) is 29.0 Å². The van der Waals surface area contributed by atoms with E-state index in [0.717, 1.165) is 0 Å². The van der Waals surface area contributed by atoms with Crippen LogP contribution in [0.3, 0.4) is 0 Å². The number of anilines is 1. The van der Waals surface area contributed by atoms with Crippen LogP contribution in [-0.4, -0.2) is 62.0 Å². The zero-order valence-electron chi connectivity index (χ0n) is 25.8. The van der Waals surface area contributed by atoms with E-state index in [2.05, 4.69) is 25.4 Å². The zero-order chi connectivity index (χ0) is 33.3. The molecule has 2 fully saturated rings. The molecule has 5 aromatic rings. The molecule has 246 valence electrons. The molecule has 0 saturated carbocycles. The number of para-hydroxylation sites is 1. The maximum atomic E-state index is 14.1. The van der Waals surface area contributed by atoms with Crippen LogP contribution in [0.15, 0.2) is 104 Å². The number of aromatic nitrogens is 4. The van der Waals surface area contributed by atoms with Crippen LogP contribution in [0.4, 0.5) is 5.82 Å². The molecular weight excluding hydrogens is 639 g/mol. The van der Waals surface area contributed by atoms with Gasteiger partial charge in [-0.3, -0.25) is 18.7 Å². The molecule has 0 radical (unpaired) electrons. The molecule has 48 heavy (non-hydrogen) atoms. The molecule has 3 aromatic carbocycles. The molecule has 2 aromatic heterocycles. The number of nitrogens with zero attached hydrogens (tertiary/aromatic N) is 4. The van der Waals surface area contributed by atoms with Gasteiger partial charge in [0.1, 0.15) is 30.4 Å². The van der Waals surface area contributed by atoms with Crippen LogP contribution >= 0.6 is 7.75 Å². The van der Waals surface area contributed by atoms with Gasteiger partial charge in [-0.1, -0.05) is 54.6 Å². The van der Waals surface area contributed by atoms with E-state index in [4.69, 9.17) is 23.3 Å². The average molecular weight is 671 g/mol. The molecule has 2 aliphatic rings. The van der Waals surface area contributed by atoms with Gasteiger partial charge in [-0.05, 0) is 50.2 Å². The molecule has 0 spiro atoms. The van der Waals surface area contributed by atoms with E-state index in [9.17, 15) is 14.2 Å². The Balaban J connectivity index is 1.14. The molecule has 2 aliphatic heterocycles. The maximum Gasteiger partial charge on any atom is 0.489 e. The van der Waals surface area contributed by atoms with Crippen LogP contribution in [0, 0.1) is 0 Å². The normalized spacial score (nSPS) is 22.5. The van der Waals surface area contributed by atoms with Crippen molar-refractivity contribution >= 4 is 36.5 Å². The molecule has 5 atom stereocenters. The smallest absolute Gasteiger partial charge is 0.409 e. The summed E-state index contributed by atoms with van der Waals surface area (Å²) in [4.78, 5) is 39.0. The Morgan fingerprint density at radius 2 is 1.48 bits per heavy atom. The molecule has 2 N–H and O–H groups in total. The van der Waals surface area contributed by atoms with Gasteiger partial charge in [-0.2, -0.15) is 0 Å². The Morgan fingerprint density at radius 3 is 2.17 bits per heavy atom. The van der Waals surface area contributed by atoms with Crippen LogP contribution in [0.2, 0.25) is 0 Å². The van der Waals surface area contributed by atoms with Gasteiger partial charge in [-0.15, -0.1) is 0 Å². The fourth-order valence-corrected chi connectivity index (χ4v) is 6.85. The first-order valence-corrected chi connectivity index (χ1v) is 16.6. The number of amides is 2. The van der Waals surface area contributed by atoms with Gasteiger partial charge in [0.2, 0.25) is 0 Å². The zero-order valence-corrected chi connectivity index (χ0v) is 26.7. The summed E-state index contributed by atoms with van der Waals surface area (Å²) < 4.78 is 46.3. The summed E-state index contributed by atoms with van der Waals surface area (Å²) in [6.07, 6.45) is -0.124. The molecule has 7 rings (SSSR count). The molecule has 14 nitrogen and oxygen atoms in total. The van der Waals surface area contributed by atoms with Gasteiger partial charge in [0, 0.05) is 11.1 Å². The van der Waals surface area contributed by atoms with E-state index >= 15 is 0 Å². The monoisotopic (exact) mass is 670 g/mol. The van der Waals surface area contributed by atoms with Gasteiger partial charge >= 0.3 is 7.75 Å². The minimum absolute atomic E-state index is 0.221. The maximum absolute atomic E-state index is 14.1. The van der Waals surface area contributed by atoms with Crippen molar-refractivity contribution < 1.29 is 37.4 Å². The number of carbonyl (C=O) groups excluding carboxylic acids is 2. The lowest BCUT2D eigenvalue weighted by Crippen LogP contribution is -2.34. The molecular formula is C33H31N6O8P. The summed E-state index contributed by atoms with van der Waals surface area (Å²) >= 11 is 0. The second-order valence-electron chi connectivity index (χ2n) is 11.5. The Bertz CT molecular complexity index is 1980. The number of hydrogen-bond donors (Lipinski definition) is 2. The van der Waals surface area contributed by atoms with Crippen molar-refractivity contribution in [3.8, 4) is 5.75 Å². The summed E-state index contributed by atoms with van der Waals surface area (Å²) in [6, 6.07) is 25.4. The first-order valence-electron chi connectivity index (χ1n) is 15.1. The summed E-state index contributed by atoms with van der Waals surface area (Å²) in [5, 5.41) is 5.23. The standard InChI is InChI=1S/C33H31N6O8P/c1-33(2)45-26-24(18-43-48(42,47-23-16-10-5-11-17-23)38-31(41)22-14-8-4-9-15-22)44-32(27(26)46-33)39-20-36-25-28(34-19-35-29(25)39)37-30(40)21-12-6-3-7-13-21/h3-17,19-20,24,26-27,32H,18H2,1-2H3,(H,38,41,42)(H,34,35,37,40)/t24-,26-,27-,32-,48?/m1/s1. The van der Waals surface area contributed by atoms with E-state index < -0.39 is 44.0 Å². The fraction of sp³-hybridized carbons (Fsp3) is 0.242. The van der Waals surface area contributed by atoms with Crippen LogP contribution in [0.25, 0.3) is 11.2 Å². The molecule has 1 unspecified atom stereocenters. The third-order valence-corrected chi connectivity index (χ3v) is 9.10. The molecule has 0 aliphatic carbocycles. The number of hydrogen-bond acceptors (Lipinski definition) is 11. The van der Waals surface area contributed by atoms with E-state index in [1.165, 1.54) is 12.7 Å². The van der Waals surface area contributed by atoms with Crippen molar-refractivity contribution in [2.45, 2.75) is 44.2 Å². The Hall–Kier alpha value is -4.98. The Kier molecular flexibility index (Phi) is 8.50. The van der Waals surface area contributed by atoms with Gasteiger partial charge in [0.25, 0.3) is 11.8 Å².